The summed E-state index contributed by atoms with van der Waals surface area (Å²) in [5, 5.41) is 3.69. The number of benzene rings is 2. The second-order valence-electron chi connectivity index (χ2n) is 6.72. The second kappa shape index (κ2) is 8.25. The molecule has 1 saturated heterocycles. The van der Waals surface area contributed by atoms with Crippen LogP contribution < -0.4 is 10.2 Å². The average Bonchev–Trinajstić information content (AvgIpc) is 3.22. The van der Waals surface area contributed by atoms with Gasteiger partial charge in [0.1, 0.15) is 6.26 Å². The molecule has 0 unspecified atom stereocenters. The summed E-state index contributed by atoms with van der Waals surface area (Å²) < 4.78 is 5.42. The van der Waals surface area contributed by atoms with E-state index in [1.54, 1.807) is 18.2 Å². The summed E-state index contributed by atoms with van der Waals surface area (Å²) in [6, 6.07) is 12.9. The highest BCUT2D eigenvalue weighted by atomic mass is 35.5. The van der Waals surface area contributed by atoms with Crippen LogP contribution in [0.15, 0.2) is 53.1 Å². The van der Waals surface area contributed by atoms with Crippen LogP contribution in [0.25, 0.3) is 11.5 Å². The molecule has 0 radical (unpaired) electrons. The minimum absolute atomic E-state index is 0.196. The minimum Gasteiger partial charge on any atom is -0.444 e. The Kier molecular flexibility index (Phi) is 5.55. The van der Waals surface area contributed by atoms with Crippen molar-refractivity contribution in [2.24, 2.45) is 0 Å². The van der Waals surface area contributed by atoms with E-state index >= 15 is 0 Å². The lowest BCUT2D eigenvalue weighted by atomic mass is 10.1. The quantitative estimate of drug-likeness (QED) is 0.576. The fourth-order valence-electron chi connectivity index (χ4n) is 3.24. The Morgan fingerprint density at radius 1 is 1.00 bits per heavy atom. The van der Waals surface area contributed by atoms with Gasteiger partial charge in [-0.05, 0) is 61.7 Å². The van der Waals surface area contributed by atoms with Gasteiger partial charge >= 0.3 is 0 Å². The van der Waals surface area contributed by atoms with Crippen LogP contribution in [0.4, 0.5) is 11.4 Å². The summed E-state index contributed by atoms with van der Waals surface area (Å²) in [4.78, 5) is 19.1. The molecular formula is C21H19Cl2N3O2. The maximum atomic E-state index is 12.5. The van der Waals surface area contributed by atoms with Crippen molar-refractivity contribution in [2.45, 2.75) is 19.3 Å². The lowest BCUT2D eigenvalue weighted by Gasteiger charge is -2.28. The van der Waals surface area contributed by atoms with Crippen molar-refractivity contribution in [3.05, 3.63) is 64.5 Å². The van der Waals surface area contributed by atoms with Gasteiger partial charge in [0.15, 0.2) is 5.69 Å². The second-order valence-corrected chi connectivity index (χ2v) is 7.53. The third-order valence-electron chi connectivity index (χ3n) is 4.75. The van der Waals surface area contributed by atoms with Gasteiger partial charge in [0.05, 0.1) is 10.0 Å². The molecule has 144 valence electrons. The number of rotatable bonds is 4. The molecule has 1 amide bonds. The van der Waals surface area contributed by atoms with Crippen LogP contribution in [-0.2, 0) is 0 Å². The van der Waals surface area contributed by atoms with Crippen molar-refractivity contribution in [1.29, 1.82) is 0 Å². The molecule has 28 heavy (non-hydrogen) atoms. The van der Waals surface area contributed by atoms with Crippen LogP contribution in [0.2, 0.25) is 10.0 Å². The number of halogens is 2. The monoisotopic (exact) mass is 415 g/mol. The highest BCUT2D eigenvalue weighted by Gasteiger charge is 2.15. The number of anilines is 2. The summed E-state index contributed by atoms with van der Waals surface area (Å²) in [7, 11) is 0. The lowest BCUT2D eigenvalue weighted by Crippen LogP contribution is -2.29. The van der Waals surface area contributed by atoms with Crippen molar-refractivity contribution >= 4 is 40.5 Å². The third-order valence-corrected chi connectivity index (χ3v) is 5.49. The van der Waals surface area contributed by atoms with E-state index in [0.29, 0.717) is 27.2 Å². The normalized spacial score (nSPS) is 14.1. The van der Waals surface area contributed by atoms with Crippen molar-refractivity contribution in [2.75, 3.05) is 23.3 Å². The van der Waals surface area contributed by atoms with E-state index in [1.807, 2.05) is 24.3 Å². The van der Waals surface area contributed by atoms with Gasteiger partial charge in [-0.1, -0.05) is 23.2 Å². The summed E-state index contributed by atoms with van der Waals surface area (Å²) in [5.41, 5.74) is 2.74. The van der Waals surface area contributed by atoms with Gasteiger partial charge in [0, 0.05) is 30.0 Å². The molecule has 2 heterocycles. The largest absolute Gasteiger partial charge is 0.444 e. The maximum Gasteiger partial charge on any atom is 0.277 e. The Hall–Kier alpha value is -2.50. The van der Waals surface area contributed by atoms with Gasteiger partial charge in [0.25, 0.3) is 5.91 Å². The Morgan fingerprint density at radius 3 is 2.46 bits per heavy atom. The number of aromatic nitrogens is 1. The molecule has 0 saturated carbocycles. The fraction of sp³-hybridized carbons (Fsp3) is 0.238. The number of nitrogens with zero attached hydrogens (tertiary/aromatic N) is 2. The van der Waals surface area contributed by atoms with Crippen LogP contribution in [0.1, 0.15) is 29.8 Å². The summed E-state index contributed by atoms with van der Waals surface area (Å²) in [5.74, 6) is -0.0232. The molecule has 7 heteroatoms. The number of nitrogens with one attached hydrogen (secondary N) is 1. The van der Waals surface area contributed by atoms with Gasteiger partial charge in [0.2, 0.25) is 5.89 Å². The van der Waals surface area contributed by atoms with Crippen molar-refractivity contribution in [3.63, 3.8) is 0 Å². The zero-order valence-electron chi connectivity index (χ0n) is 15.1. The number of oxazole rings is 1. The Labute approximate surface area is 173 Å². The van der Waals surface area contributed by atoms with Crippen LogP contribution >= 0.6 is 23.2 Å². The number of carbonyl (C=O) groups excluding carboxylic acids is 1. The van der Waals surface area contributed by atoms with E-state index < -0.39 is 0 Å². The van der Waals surface area contributed by atoms with Crippen molar-refractivity contribution < 1.29 is 9.21 Å². The van der Waals surface area contributed by atoms with E-state index in [-0.39, 0.29) is 11.6 Å². The van der Waals surface area contributed by atoms with Crippen LogP contribution in [0, 0.1) is 0 Å². The predicted octanol–water partition coefficient (Wildman–Crippen LogP) is 5.89. The SMILES string of the molecule is O=C(Nc1ccc(N2CCCCC2)cc1)c1coc(-c2ccc(Cl)c(Cl)c2)n1. The van der Waals surface area contributed by atoms with Crippen molar-refractivity contribution in [1.82, 2.24) is 4.98 Å². The molecule has 1 aliphatic rings. The molecule has 1 fully saturated rings. The summed E-state index contributed by atoms with van der Waals surface area (Å²) in [6.45, 7) is 2.17. The fourth-order valence-corrected chi connectivity index (χ4v) is 3.54. The van der Waals surface area contributed by atoms with E-state index in [0.717, 1.165) is 13.1 Å². The molecule has 3 aromatic rings. The Morgan fingerprint density at radius 2 is 1.75 bits per heavy atom. The molecule has 0 atom stereocenters. The van der Waals surface area contributed by atoms with Gasteiger partial charge in [-0.2, -0.15) is 0 Å². The molecule has 2 aromatic carbocycles. The van der Waals surface area contributed by atoms with Gasteiger partial charge < -0.3 is 14.6 Å². The number of amides is 1. The number of hydrogen-bond donors (Lipinski definition) is 1. The zero-order chi connectivity index (χ0) is 19.5. The number of piperidine rings is 1. The molecule has 4 rings (SSSR count). The topological polar surface area (TPSA) is 58.4 Å². The molecule has 1 aromatic heterocycles. The van der Waals surface area contributed by atoms with E-state index in [4.69, 9.17) is 27.6 Å². The molecule has 0 aliphatic carbocycles. The maximum absolute atomic E-state index is 12.5. The standard InChI is InChI=1S/C21H19Cl2N3O2/c22-17-9-4-14(12-18(17)23)21-25-19(13-28-21)20(27)24-15-5-7-16(8-6-15)26-10-2-1-3-11-26/h4-9,12-13H,1-3,10-11H2,(H,24,27). The molecule has 0 bridgehead atoms. The van der Waals surface area contributed by atoms with Crippen LogP contribution in [0.3, 0.4) is 0 Å². The molecular weight excluding hydrogens is 397 g/mol. The van der Waals surface area contributed by atoms with Gasteiger partial charge in [-0.3, -0.25) is 4.79 Å². The highest BCUT2D eigenvalue weighted by molar-refractivity contribution is 6.42. The summed E-state index contributed by atoms with van der Waals surface area (Å²) >= 11 is 11.9. The van der Waals surface area contributed by atoms with Gasteiger partial charge in [-0.25, -0.2) is 4.98 Å². The lowest BCUT2D eigenvalue weighted by molar-refractivity contribution is 0.102. The molecule has 5 nitrogen and oxygen atoms in total. The van der Waals surface area contributed by atoms with Crippen molar-refractivity contribution in [3.8, 4) is 11.5 Å². The van der Waals surface area contributed by atoms with E-state index in [2.05, 4.69) is 15.2 Å². The Balaban J connectivity index is 1.43. The van der Waals surface area contributed by atoms with Crippen LogP contribution in [0.5, 0.6) is 0 Å². The number of hydrogen-bond acceptors (Lipinski definition) is 4. The van der Waals surface area contributed by atoms with E-state index in [1.165, 1.54) is 31.2 Å². The molecule has 1 N–H and O–H groups in total. The average molecular weight is 416 g/mol. The van der Waals surface area contributed by atoms with Gasteiger partial charge in [-0.15, -0.1) is 0 Å². The first kappa shape index (κ1) is 18.8. The van der Waals surface area contributed by atoms with Crippen LogP contribution in [-0.4, -0.2) is 24.0 Å². The zero-order valence-corrected chi connectivity index (χ0v) is 16.6. The first-order valence-corrected chi connectivity index (χ1v) is 9.93. The smallest absolute Gasteiger partial charge is 0.277 e. The first-order valence-electron chi connectivity index (χ1n) is 9.17. The molecule has 1 aliphatic heterocycles. The molecule has 0 spiro atoms. The highest BCUT2D eigenvalue weighted by Crippen LogP contribution is 2.28. The first-order chi connectivity index (χ1) is 13.6. The van der Waals surface area contributed by atoms with E-state index in [9.17, 15) is 4.79 Å². The predicted molar refractivity (Wildman–Crippen MR) is 112 cm³/mol. The summed E-state index contributed by atoms with van der Waals surface area (Å²) in [6.07, 6.45) is 5.08. The third kappa shape index (κ3) is 4.16. The number of carbonyl (C=O) groups is 1. The minimum atomic E-state index is -0.333. The Bertz CT molecular complexity index is 980.